The zero-order valence-electron chi connectivity index (χ0n) is 11.2. The van der Waals surface area contributed by atoms with Gasteiger partial charge in [-0.2, -0.15) is 0 Å². The van der Waals surface area contributed by atoms with Crippen LogP contribution in [0.4, 0.5) is 14.5 Å². The summed E-state index contributed by atoms with van der Waals surface area (Å²) >= 11 is 0.963. The molecule has 1 amide bonds. The molecule has 0 atom stereocenters. The number of halogens is 2. The summed E-state index contributed by atoms with van der Waals surface area (Å²) in [6.07, 6.45) is 0. The van der Waals surface area contributed by atoms with Gasteiger partial charge in [-0.1, -0.05) is 0 Å². The van der Waals surface area contributed by atoms with Gasteiger partial charge in [0, 0.05) is 6.07 Å². The molecule has 0 fully saturated rings. The van der Waals surface area contributed by atoms with Crippen LogP contribution in [0, 0.1) is 25.5 Å². The molecular formula is C14H11F2NO3S. The molecule has 110 valence electrons. The summed E-state index contributed by atoms with van der Waals surface area (Å²) in [7, 11) is 0. The number of thiophene rings is 1. The number of carbonyl (C=O) groups is 2. The average molecular weight is 311 g/mol. The molecule has 4 nitrogen and oxygen atoms in total. The Labute approximate surface area is 123 Å². The van der Waals surface area contributed by atoms with E-state index >= 15 is 0 Å². The number of carbonyl (C=O) groups excluding carboxylic acids is 1. The highest BCUT2D eigenvalue weighted by Crippen LogP contribution is 2.28. The van der Waals surface area contributed by atoms with Gasteiger partial charge in [0.2, 0.25) is 0 Å². The number of carboxylic acids is 1. The second-order valence-corrected chi connectivity index (χ2v) is 5.34. The molecule has 0 saturated heterocycles. The van der Waals surface area contributed by atoms with Crippen molar-refractivity contribution in [3.8, 4) is 0 Å². The summed E-state index contributed by atoms with van der Waals surface area (Å²) in [5.74, 6) is -3.75. The topological polar surface area (TPSA) is 66.4 Å². The normalized spacial score (nSPS) is 10.5. The van der Waals surface area contributed by atoms with Crippen molar-refractivity contribution in [3.05, 3.63) is 50.7 Å². The zero-order chi connectivity index (χ0) is 15.7. The first-order valence-corrected chi connectivity index (χ1v) is 6.77. The maximum Gasteiger partial charge on any atom is 0.348 e. The quantitative estimate of drug-likeness (QED) is 0.910. The third-order valence-electron chi connectivity index (χ3n) is 2.90. The van der Waals surface area contributed by atoms with Crippen molar-refractivity contribution in [1.82, 2.24) is 0 Å². The fraction of sp³-hybridized carbons (Fsp3) is 0.143. The summed E-state index contributed by atoms with van der Waals surface area (Å²) in [6, 6.07) is 1.71. The van der Waals surface area contributed by atoms with Gasteiger partial charge in [0.05, 0.1) is 11.3 Å². The van der Waals surface area contributed by atoms with Crippen LogP contribution < -0.4 is 5.32 Å². The first kappa shape index (κ1) is 15.1. The molecule has 0 aliphatic heterocycles. The summed E-state index contributed by atoms with van der Waals surface area (Å²) in [6.45, 7) is 3.04. The second kappa shape index (κ2) is 5.61. The summed E-state index contributed by atoms with van der Waals surface area (Å²) in [5, 5.41) is 13.0. The molecule has 0 unspecified atom stereocenters. The second-order valence-electron chi connectivity index (χ2n) is 4.46. The standard InChI is InChI=1S/C14H11F2NO3S/c1-6-3-8(10(16)4-9(6)15)13(18)17-11-7(2)5-21-12(11)14(19)20/h3-5H,1-2H3,(H,17,18)(H,19,20). The molecule has 7 heteroatoms. The number of rotatable bonds is 3. The smallest absolute Gasteiger partial charge is 0.348 e. The lowest BCUT2D eigenvalue weighted by molar-refractivity contribution is 0.0703. The Morgan fingerprint density at radius 1 is 1.14 bits per heavy atom. The largest absolute Gasteiger partial charge is 0.477 e. The first-order valence-electron chi connectivity index (χ1n) is 5.89. The van der Waals surface area contributed by atoms with Crippen molar-refractivity contribution < 1.29 is 23.5 Å². The van der Waals surface area contributed by atoms with E-state index in [0.717, 1.165) is 17.4 Å². The van der Waals surface area contributed by atoms with Gasteiger partial charge < -0.3 is 10.4 Å². The highest BCUT2D eigenvalue weighted by atomic mass is 32.1. The van der Waals surface area contributed by atoms with Crippen LogP contribution in [0.2, 0.25) is 0 Å². The van der Waals surface area contributed by atoms with Crippen molar-refractivity contribution >= 4 is 28.9 Å². The van der Waals surface area contributed by atoms with Crippen LogP contribution in [0.1, 0.15) is 31.2 Å². The van der Waals surface area contributed by atoms with Gasteiger partial charge >= 0.3 is 5.97 Å². The highest BCUT2D eigenvalue weighted by molar-refractivity contribution is 7.12. The van der Waals surface area contributed by atoms with E-state index in [1.54, 1.807) is 12.3 Å². The molecule has 21 heavy (non-hydrogen) atoms. The first-order chi connectivity index (χ1) is 9.81. The van der Waals surface area contributed by atoms with Crippen LogP contribution in [-0.2, 0) is 0 Å². The number of aromatic carboxylic acids is 1. The minimum Gasteiger partial charge on any atom is -0.477 e. The lowest BCUT2D eigenvalue weighted by Crippen LogP contribution is -2.16. The van der Waals surface area contributed by atoms with Crippen molar-refractivity contribution in [3.63, 3.8) is 0 Å². The molecule has 0 aliphatic carbocycles. The van der Waals surface area contributed by atoms with E-state index in [0.29, 0.717) is 11.6 Å². The lowest BCUT2D eigenvalue weighted by atomic mass is 10.1. The minimum absolute atomic E-state index is 0.0416. The van der Waals surface area contributed by atoms with Crippen LogP contribution >= 0.6 is 11.3 Å². The predicted octanol–water partition coefficient (Wildman–Crippen LogP) is 3.59. The predicted molar refractivity (Wildman–Crippen MR) is 75.1 cm³/mol. The molecule has 0 spiro atoms. The van der Waals surface area contributed by atoms with Crippen LogP contribution in [0.25, 0.3) is 0 Å². The molecule has 1 heterocycles. The molecular weight excluding hydrogens is 300 g/mol. The van der Waals surface area contributed by atoms with Crippen molar-refractivity contribution in [2.45, 2.75) is 13.8 Å². The number of carboxylic acid groups (broad SMARTS) is 1. The molecule has 1 aromatic heterocycles. The van der Waals surface area contributed by atoms with E-state index in [1.807, 2.05) is 0 Å². The van der Waals surface area contributed by atoms with Gasteiger partial charge in [0.1, 0.15) is 16.5 Å². The maximum atomic E-state index is 13.7. The Morgan fingerprint density at radius 3 is 2.43 bits per heavy atom. The summed E-state index contributed by atoms with van der Waals surface area (Å²) < 4.78 is 26.8. The van der Waals surface area contributed by atoms with Gasteiger partial charge in [0.15, 0.2) is 0 Å². The third kappa shape index (κ3) is 2.92. The fourth-order valence-corrected chi connectivity index (χ4v) is 2.61. The van der Waals surface area contributed by atoms with Crippen molar-refractivity contribution in [1.29, 1.82) is 0 Å². The molecule has 2 aromatic rings. The minimum atomic E-state index is -1.18. The molecule has 1 aromatic carbocycles. The molecule has 0 saturated carbocycles. The van der Waals surface area contributed by atoms with Gasteiger partial charge in [-0.3, -0.25) is 4.79 Å². The SMILES string of the molecule is Cc1cc(C(=O)Nc2c(C)csc2C(=O)O)c(F)cc1F. The van der Waals surface area contributed by atoms with E-state index in [1.165, 1.54) is 6.92 Å². The monoisotopic (exact) mass is 311 g/mol. The number of aryl methyl sites for hydroxylation is 2. The van der Waals surface area contributed by atoms with E-state index in [2.05, 4.69) is 5.32 Å². The Kier molecular flexibility index (Phi) is 4.04. The molecule has 0 radical (unpaired) electrons. The highest BCUT2D eigenvalue weighted by Gasteiger charge is 2.20. The van der Waals surface area contributed by atoms with Crippen LogP contribution in [-0.4, -0.2) is 17.0 Å². The van der Waals surface area contributed by atoms with Gasteiger partial charge in [-0.05, 0) is 36.4 Å². The lowest BCUT2D eigenvalue weighted by Gasteiger charge is -2.08. The Bertz CT molecular complexity index is 740. The van der Waals surface area contributed by atoms with E-state index in [-0.39, 0.29) is 21.7 Å². The Morgan fingerprint density at radius 2 is 1.81 bits per heavy atom. The number of hydrogen-bond acceptors (Lipinski definition) is 3. The number of hydrogen-bond donors (Lipinski definition) is 2. The average Bonchev–Trinajstić information content (AvgIpc) is 2.75. The van der Waals surface area contributed by atoms with Gasteiger partial charge in [-0.15, -0.1) is 11.3 Å². The number of anilines is 1. The number of nitrogens with one attached hydrogen (secondary N) is 1. The summed E-state index contributed by atoms with van der Waals surface area (Å²) in [5.41, 5.74) is 0.474. The van der Waals surface area contributed by atoms with Crippen LogP contribution in [0.3, 0.4) is 0 Å². The van der Waals surface area contributed by atoms with Gasteiger partial charge in [0.25, 0.3) is 5.91 Å². The van der Waals surface area contributed by atoms with E-state index < -0.39 is 23.5 Å². The summed E-state index contributed by atoms with van der Waals surface area (Å²) in [4.78, 5) is 23.1. The van der Waals surface area contributed by atoms with Crippen LogP contribution in [0.5, 0.6) is 0 Å². The Hall–Kier alpha value is -2.28. The fourth-order valence-electron chi connectivity index (χ4n) is 1.77. The molecule has 0 bridgehead atoms. The maximum absolute atomic E-state index is 13.7. The van der Waals surface area contributed by atoms with Crippen molar-refractivity contribution in [2.75, 3.05) is 5.32 Å². The number of benzene rings is 1. The zero-order valence-corrected chi connectivity index (χ0v) is 12.0. The van der Waals surface area contributed by atoms with E-state index in [9.17, 15) is 18.4 Å². The number of amides is 1. The van der Waals surface area contributed by atoms with Crippen molar-refractivity contribution in [2.24, 2.45) is 0 Å². The molecule has 0 aliphatic rings. The van der Waals surface area contributed by atoms with Gasteiger partial charge in [-0.25, -0.2) is 13.6 Å². The van der Waals surface area contributed by atoms with Crippen LogP contribution in [0.15, 0.2) is 17.5 Å². The Balaban J connectivity index is 2.37. The third-order valence-corrected chi connectivity index (χ3v) is 3.99. The molecule has 2 N–H and O–H groups in total. The van der Waals surface area contributed by atoms with E-state index in [4.69, 9.17) is 5.11 Å². The molecule has 2 rings (SSSR count).